The zero-order valence-corrected chi connectivity index (χ0v) is 8.54. The molecular weight excluding hydrogens is 218 g/mol. The molecule has 16 heavy (non-hydrogen) atoms. The summed E-state index contributed by atoms with van der Waals surface area (Å²) in [6, 6.07) is 0. The molecule has 0 spiro atoms. The lowest BCUT2D eigenvalue weighted by atomic mass is 10.0. The van der Waals surface area contributed by atoms with Gasteiger partial charge in [-0.1, -0.05) is 0 Å². The minimum absolute atomic E-state index is 0.0135. The van der Waals surface area contributed by atoms with Crippen molar-refractivity contribution in [2.24, 2.45) is 0 Å². The molecule has 8 nitrogen and oxygen atoms in total. The van der Waals surface area contributed by atoms with Crippen LogP contribution >= 0.6 is 0 Å². The second-order valence-corrected chi connectivity index (χ2v) is 3.01. The van der Waals surface area contributed by atoms with Gasteiger partial charge in [0.25, 0.3) is 12.1 Å². The molecule has 8 heteroatoms. The SMILES string of the molecule is CCOC(=O)C(O)(C[N+](=O)[O-])c1ncc[nH]1. The molecule has 1 atom stereocenters. The maximum atomic E-state index is 11.5. The molecule has 0 aliphatic heterocycles. The van der Waals surface area contributed by atoms with Gasteiger partial charge >= 0.3 is 5.97 Å². The van der Waals surface area contributed by atoms with Crippen LogP contribution < -0.4 is 0 Å². The van der Waals surface area contributed by atoms with E-state index in [-0.39, 0.29) is 12.4 Å². The third-order valence-electron chi connectivity index (χ3n) is 1.86. The third kappa shape index (κ3) is 2.34. The number of aromatic nitrogens is 2. The van der Waals surface area contributed by atoms with Crippen molar-refractivity contribution in [1.29, 1.82) is 0 Å². The van der Waals surface area contributed by atoms with Crippen LogP contribution in [-0.4, -0.2) is 39.1 Å². The van der Waals surface area contributed by atoms with Gasteiger partial charge in [0.05, 0.1) is 6.61 Å². The van der Waals surface area contributed by atoms with Gasteiger partial charge in [0.1, 0.15) is 0 Å². The van der Waals surface area contributed by atoms with Crippen LogP contribution in [0.1, 0.15) is 12.7 Å². The van der Waals surface area contributed by atoms with Crippen LogP contribution in [0.3, 0.4) is 0 Å². The Balaban J connectivity index is 3.02. The fourth-order valence-corrected chi connectivity index (χ4v) is 1.16. The van der Waals surface area contributed by atoms with Gasteiger partial charge in [0, 0.05) is 17.3 Å². The maximum Gasteiger partial charge on any atom is 0.353 e. The Labute approximate surface area is 90.4 Å². The number of carbonyl (C=O) groups is 1. The zero-order valence-electron chi connectivity index (χ0n) is 8.54. The number of ether oxygens (including phenoxy) is 1. The average molecular weight is 229 g/mol. The normalized spacial score (nSPS) is 14.1. The van der Waals surface area contributed by atoms with E-state index in [9.17, 15) is 20.0 Å². The summed E-state index contributed by atoms with van der Waals surface area (Å²) in [6.45, 7) is 0.547. The Kier molecular flexibility index (Phi) is 3.56. The first-order valence-electron chi connectivity index (χ1n) is 4.52. The summed E-state index contributed by atoms with van der Waals surface area (Å²) in [6.07, 6.45) is 2.62. The van der Waals surface area contributed by atoms with Crippen molar-refractivity contribution >= 4 is 5.97 Å². The van der Waals surface area contributed by atoms with Crippen LogP contribution in [0.15, 0.2) is 12.4 Å². The minimum Gasteiger partial charge on any atom is -0.463 e. The van der Waals surface area contributed by atoms with Crippen LogP contribution in [-0.2, 0) is 15.1 Å². The number of nitrogens with zero attached hydrogens (tertiary/aromatic N) is 2. The first kappa shape index (κ1) is 12.1. The number of rotatable bonds is 5. The molecule has 0 saturated heterocycles. The number of carbonyl (C=O) groups excluding carboxylic acids is 1. The summed E-state index contributed by atoms with van der Waals surface area (Å²) in [4.78, 5) is 27.2. The molecule has 1 heterocycles. The average Bonchev–Trinajstić information content (AvgIpc) is 2.69. The van der Waals surface area contributed by atoms with Gasteiger partial charge in [-0.3, -0.25) is 10.1 Å². The zero-order chi connectivity index (χ0) is 12.2. The van der Waals surface area contributed by atoms with E-state index in [0.717, 1.165) is 0 Å². The van der Waals surface area contributed by atoms with Crippen molar-refractivity contribution in [2.75, 3.05) is 13.2 Å². The third-order valence-corrected chi connectivity index (χ3v) is 1.86. The summed E-state index contributed by atoms with van der Waals surface area (Å²) in [7, 11) is 0. The molecule has 2 N–H and O–H groups in total. The predicted octanol–water partition coefficient (Wildman–Crippen LogP) is -0.563. The van der Waals surface area contributed by atoms with Crippen molar-refractivity contribution in [3.05, 3.63) is 28.3 Å². The number of hydrogen-bond donors (Lipinski definition) is 2. The molecule has 1 rings (SSSR count). The first-order chi connectivity index (χ1) is 7.50. The predicted molar refractivity (Wildman–Crippen MR) is 51.0 cm³/mol. The largest absolute Gasteiger partial charge is 0.463 e. The summed E-state index contributed by atoms with van der Waals surface area (Å²) >= 11 is 0. The molecule has 0 aliphatic carbocycles. The van der Waals surface area contributed by atoms with E-state index in [1.165, 1.54) is 19.3 Å². The highest BCUT2D eigenvalue weighted by atomic mass is 16.6. The standard InChI is InChI=1S/C8H11N3O5/c1-2-16-7(12)8(13,5-11(14)15)6-9-3-4-10-6/h3-4,13H,2,5H2,1H3,(H,9,10). The molecule has 0 saturated carbocycles. The van der Waals surface area contributed by atoms with Gasteiger partial charge in [0.15, 0.2) is 5.82 Å². The number of aliphatic hydroxyl groups is 1. The molecule has 0 aliphatic rings. The van der Waals surface area contributed by atoms with Crippen molar-refractivity contribution in [3.8, 4) is 0 Å². The van der Waals surface area contributed by atoms with Gasteiger partial charge in [-0.2, -0.15) is 0 Å². The van der Waals surface area contributed by atoms with E-state index in [0.29, 0.717) is 0 Å². The van der Waals surface area contributed by atoms with E-state index in [2.05, 4.69) is 14.7 Å². The fourth-order valence-electron chi connectivity index (χ4n) is 1.16. The van der Waals surface area contributed by atoms with Gasteiger partial charge in [0.2, 0.25) is 0 Å². The minimum atomic E-state index is -2.37. The fraction of sp³-hybridized carbons (Fsp3) is 0.500. The number of aromatic amines is 1. The van der Waals surface area contributed by atoms with Crippen LogP contribution in [0, 0.1) is 10.1 Å². The monoisotopic (exact) mass is 229 g/mol. The van der Waals surface area contributed by atoms with Crippen LogP contribution in [0.4, 0.5) is 0 Å². The van der Waals surface area contributed by atoms with E-state index in [4.69, 9.17) is 0 Å². The van der Waals surface area contributed by atoms with E-state index in [1.807, 2.05) is 0 Å². The molecule has 0 fully saturated rings. The molecule has 0 aromatic carbocycles. The Morgan fingerprint density at radius 1 is 1.81 bits per heavy atom. The number of imidazole rings is 1. The molecule has 1 aromatic heterocycles. The Hall–Kier alpha value is -1.96. The lowest BCUT2D eigenvalue weighted by Crippen LogP contribution is -2.44. The lowest BCUT2D eigenvalue weighted by Gasteiger charge is -2.19. The molecular formula is C8H11N3O5. The first-order valence-corrected chi connectivity index (χ1v) is 4.52. The summed E-state index contributed by atoms with van der Waals surface area (Å²) in [5, 5.41) is 20.3. The highest BCUT2D eigenvalue weighted by Crippen LogP contribution is 2.19. The Bertz CT molecular complexity index is 377. The highest BCUT2D eigenvalue weighted by molar-refractivity contribution is 5.80. The van der Waals surface area contributed by atoms with Crippen molar-refractivity contribution in [2.45, 2.75) is 12.5 Å². The summed E-state index contributed by atoms with van der Waals surface area (Å²) in [5.74, 6) is -1.30. The number of H-pyrrole nitrogens is 1. The second-order valence-electron chi connectivity index (χ2n) is 3.01. The lowest BCUT2D eigenvalue weighted by molar-refractivity contribution is -0.499. The van der Waals surface area contributed by atoms with E-state index < -0.39 is 23.0 Å². The topological polar surface area (TPSA) is 118 Å². The summed E-state index contributed by atoms with van der Waals surface area (Å²) in [5.41, 5.74) is -2.37. The van der Waals surface area contributed by atoms with Gasteiger partial charge < -0.3 is 14.8 Å². The molecule has 88 valence electrons. The molecule has 0 radical (unpaired) electrons. The Morgan fingerprint density at radius 3 is 2.94 bits per heavy atom. The number of nitrogens with one attached hydrogen (secondary N) is 1. The second kappa shape index (κ2) is 4.71. The van der Waals surface area contributed by atoms with Crippen LogP contribution in [0.2, 0.25) is 0 Å². The molecule has 1 unspecified atom stereocenters. The van der Waals surface area contributed by atoms with Crippen molar-refractivity contribution in [1.82, 2.24) is 9.97 Å². The van der Waals surface area contributed by atoms with Gasteiger partial charge in [-0.05, 0) is 6.92 Å². The highest BCUT2D eigenvalue weighted by Gasteiger charge is 2.47. The van der Waals surface area contributed by atoms with Gasteiger partial charge in [-0.25, -0.2) is 9.78 Å². The van der Waals surface area contributed by atoms with Crippen molar-refractivity contribution in [3.63, 3.8) is 0 Å². The molecule has 0 amide bonds. The van der Waals surface area contributed by atoms with E-state index in [1.54, 1.807) is 0 Å². The smallest absolute Gasteiger partial charge is 0.353 e. The number of hydrogen-bond acceptors (Lipinski definition) is 6. The molecule has 0 bridgehead atoms. The number of esters is 1. The van der Waals surface area contributed by atoms with Crippen LogP contribution in [0.5, 0.6) is 0 Å². The van der Waals surface area contributed by atoms with Crippen molar-refractivity contribution < 1.29 is 19.6 Å². The Morgan fingerprint density at radius 2 is 2.50 bits per heavy atom. The maximum absolute atomic E-state index is 11.5. The van der Waals surface area contributed by atoms with E-state index >= 15 is 0 Å². The number of nitro groups is 1. The quantitative estimate of drug-likeness (QED) is 0.396. The van der Waals surface area contributed by atoms with Gasteiger partial charge in [-0.15, -0.1) is 0 Å². The summed E-state index contributed by atoms with van der Waals surface area (Å²) < 4.78 is 4.58. The molecule has 1 aromatic rings. The van der Waals surface area contributed by atoms with Crippen LogP contribution in [0.25, 0.3) is 0 Å².